The highest BCUT2D eigenvalue weighted by Gasteiger charge is 2.15. The summed E-state index contributed by atoms with van der Waals surface area (Å²) in [6.45, 7) is 4.02. The van der Waals surface area contributed by atoms with Crippen molar-refractivity contribution >= 4 is 15.5 Å². The van der Waals surface area contributed by atoms with Gasteiger partial charge in [0.25, 0.3) is 0 Å². The van der Waals surface area contributed by atoms with Gasteiger partial charge in [-0.1, -0.05) is 0 Å². The smallest absolute Gasteiger partial charge is 0.176 e. The standard InChI is InChI=1S/C12H17N2O2S/c1-13-7-9-14(10-8-13)11-3-5-12(6-4-11)17(2,15)16/h3-5H,7-10H2,1-2H3. The molecule has 0 spiro atoms. The highest BCUT2D eigenvalue weighted by Crippen LogP contribution is 2.18. The topological polar surface area (TPSA) is 40.6 Å². The number of hydrogen-bond acceptors (Lipinski definition) is 4. The first-order valence-corrected chi connectivity index (χ1v) is 7.51. The highest BCUT2D eigenvalue weighted by molar-refractivity contribution is 7.90. The van der Waals surface area contributed by atoms with E-state index in [4.69, 9.17) is 0 Å². The lowest BCUT2D eigenvalue weighted by atomic mass is 10.2. The van der Waals surface area contributed by atoms with Gasteiger partial charge in [-0.25, -0.2) is 8.42 Å². The van der Waals surface area contributed by atoms with Crippen LogP contribution in [0.4, 0.5) is 5.69 Å². The number of likely N-dealkylation sites (N-methyl/N-ethyl adjacent to an activating group) is 1. The predicted molar refractivity (Wildman–Crippen MR) is 68.1 cm³/mol. The average molecular weight is 253 g/mol. The van der Waals surface area contributed by atoms with E-state index >= 15 is 0 Å². The second-order valence-corrected chi connectivity index (χ2v) is 6.46. The minimum Gasteiger partial charge on any atom is -0.369 e. The fourth-order valence-corrected chi connectivity index (χ4v) is 2.48. The summed E-state index contributed by atoms with van der Waals surface area (Å²) in [6.07, 6.45) is 1.20. The molecule has 0 aromatic heterocycles. The summed E-state index contributed by atoms with van der Waals surface area (Å²) >= 11 is 0. The number of anilines is 1. The summed E-state index contributed by atoms with van der Waals surface area (Å²) in [5.74, 6) is 0. The molecule has 0 N–H and O–H groups in total. The molecular formula is C12H17N2O2S. The Kier molecular flexibility index (Phi) is 3.40. The van der Waals surface area contributed by atoms with Crippen LogP contribution >= 0.6 is 0 Å². The summed E-state index contributed by atoms with van der Waals surface area (Å²) in [6, 6.07) is 8.10. The number of piperazine rings is 1. The molecular weight excluding hydrogens is 236 g/mol. The average Bonchev–Trinajstić information content (AvgIpc) is 2.29. The maximum Gasteiger partial charge on any atom is 0.176 e. The van der Waals surface area contributed by atoms with Gasteiger partial charge in [-0.3, -0.25) is 0 Å². The minimum absolute atomic E-state index is 0.260. The zero-order valence-corrected chi connectivity index (χ0v) is 11.0. The molecule has 1 aromatic carbocycles. The third kappa shape index (κ3) is 2.98. The zero-order chi connectivity index (χ0) is 12.5. The van der Waals surface area contributed by atoms with Crippen LogP contribution < -0.4 is 4.90 Å². The van der Waals surface area contributed by atoms with Crippen molar-refractivity contribution in [1.82, 2.24) is 4.90 Å². The Bertz CT molecular complexity index is 474. The van der Waals surface area contributed by atoms with E-state index in [2.05, 4.69) is 22.9 Å². The molecule has 17 heavy (non-hydrogen) atoms. The van der Waals surface area contributed by atoms with Crippen LogP contribution in [0.25, 0.3) is 0 Å². The molecule has 4 nitrogen and oxygen atoms in total. The summed E-state index contributed by atoms with van der Waals surface area (Å²) in [4.78, 5) is 4.79. The van der Waals surface area contributed by atoms with Crippen LogP contribution in [0.2, 0.25) is 0 Å². The Hall–Kier alpha value is -1.07. The molecule has 5 heteroatoms. The van der Waals surface area contributed by atoms with E-state index in [1.54, 1.807) is 12.1 Å². The summed E-state index contributed by atoms with van der Waals surface area (Å²) in [7, 11) is -1.03. The van der Waals surface area contributed by atoms with Crippen LogP contribution in [0, 0.1) is 6.07 Å². The van der Waals surface area contributed by atoms with E-state index in [1.807, 2.05) is 6.07 Å². The van der Waals surface area contributed by atoms with Crippen molar-refractivity contribution in [2.24, 2.45) is 0 Å². The van der Waals surface area contributed by atoms with Crippen LogP contribution in [0.15, 0.2) is 23.1 Å². The third-order valence-electron chi connectivity index (χ3n) is 3.04. The molecule has 2 rings (SSSR count). The molecule has 0 atom stereocenters. The van der Waals surface area contributed by atoms with Crippen molar-refractivity contribution in [1.29, 1.82) is 0 Å². The Morgan fingerprint density at radius 3 is 2.29 bits per heavy atom. The molecule has 1 heterocycles. The number of rotatable bonds is 2. The SMILES string of the molecule is CN1CCN(c2c[c]c(S(C)(=O)=O)cc2)CC1. The van der Waals surface area contributed by atoms with Gasteiger partial charge >= 0.3 is 0 Å². The second-order valence-electron chi connectivity index (χ2n) is 4.47. The van der Waals surface area contributed by atoms with Gasteiger partial charge in [-0.15, -0.1) is 0 Å². The first-order chi connectivity index (χ1) is 7.97. The number of hydrogen-bond donors (Lipinski definition) is 0. The molecule has 93 valence electrons. The maximum atomic E-state index is 11.3. The quantitative estimate of drug-likeness (QED) is 0.775. The van der Waals surface area contributed by atoms with Gasteiger partial charge < -0.3 is 9.80 Å². The van der Waals surface area contributed by atoms with E-state index in [9.17, 15) is 8.42 Å². The van der Waals surface area contributed by atoms with Crippen molar-refractivity contribution in [3.63, 3.8) is 0 Å². The van der Waals surface area contributed by atoms with E-state index in [0.29, 0.717) is 0 Å². The molecule has 0 aliphatic carbocycles. The third-order valence-corrected chi connectivity index (χ3v) is 4.09. The van der Waals surface area contributed by atoms with Gasteiger partial charge in [0.1, 0.15) is 0 Å². The van der Waals surface area contributed by atoms with Crippen molar-refractivity contribution in [3.05, 3.63) is 24.3 Å². The van der Waals surface area contributed by atoms with Gasteiger partial charge in [0, 0.05) is 44.2 Å². The fraction of sp³-hybridized carbons (Fsp3) is 0.500. The molecule has 0 saturated carbocycles. The first kappa shape index (κ1) is 12.4. The lowest BCUT2D eigenvalue weighted by Gasteiger charge is -2.34. The zero-order valence-electron chi connectivity index (χ0n) is 10.2. The van der Waals surface area contributed by atoms with Crippen LogP contribution in [-0.4, -0.2) is 52.8 Å². The van der Waals surface area contributed by atoms with Crippen molar-refractivity contribution in [2.45, 2.75) is 4.90 Å². The van der Waals surface area contributed by atoms with Crippen LogP contribution in [-0.2, 0) is 9.84 Å². The normalized spacial score (nSPS) is 18.4. The number of nitrogens with zero attached hydrogens (tertiary/aromatic N) is 2. The monoisotopic (exact) mass is 253 g/mol. The Morgan fingerprint density at radius 2 is 1.82 bits per heavy atom. The fourth-order valence-electron chi connectivity index (χ4n) is 1.89. The van der Waals surface area contributed by atoms with Crippen molar-refractivity contribution in [3.8, 4) is 0 Å². The Balaban J connectivity index is 2.13. The summed E-state index contributed by atoms with van der Waals surface area (Å²) in [5, 5.41) is 0. The Labute approximate surface area is 103 Å². The van der Waals surface area contributed by atoms with Crippen LogP contribution in [0.3, 0.4) is 0 Å². The van der Waals surface area contributed by atoms with Crippen LogP contribution in [0.1, 0.15) is 0 Å². The van der Waals surface area contributed by atoms with Gasteiger partial charge in [0.05, 0.1) is 4.90 Å². The van der Waals surface area contributed by atoms with Crippen molar-refractivity contribution in [2.75, 3.05) is 44.4 Å². The number of sulfone groups is 1. The lowest BCUT2D eigenvalue weighted by molar-refractivity contribution is 0.313. The largest absolute Gasteiger partial charge is 0.369 e. The van der Waals surface area contributed by atoms with Crippen LogP contribution in [0.5, 0.6) is 0 Å². The molecule has 1 aromatic rings. The van der Waals surface area contributed by atoms with Gasteiger partial charge in [-0.2, -0.15) is 0 Å². The number of benzene rings is 1. The molecule has 1 radical (unpaired) electrons. The molecule has 0 unspecified atom stereocenters. The van der Waals surface area contributed by atoms with E-state index in [0.717, 1.165) is 31.9 Å². The maximum absolute atomic E-state index is 11.3. The van der Waals surface area contributed by atoms with Crippen molar-refractivity contribution < 1.29 is 8.42 Å². The predicted octanol–water partition coefficient (Wildman–Crippen LogP) is 0.642. The van der Waals surface area contributed by atoms with Gasteiger partial charge in [0.2, 0.25) is 0 Å². The molecule has 1 aliphatic rings. The molecule has 1 fully saturated rings. The van der Waals surface area contributed by atoms with E-state index < -0.39 is 9.84 Å². The van der Waals surface area contributed by atoms with Gasteiger partial charge in [0.15, 0.2) is 9.84 Å². The summed E-state index contributed by atoms with van der Waals surface area (Å²) < 4.78 is 22.6. The second kappa shape index (κ2) is 4.66. The molecule has 0 amide bonds. The Morgan fingerprint density at radius 1 is 1.18 bits per heavy atom. The molecule has 0 bridgehead atoms. The lowest BCUT2D eigenvalue weighted by Crippen LogP contribution is -2.44. The first-order valence-electron chi connectivity index (χ1n) is 5.62. The van der Waals surface area contributed by atoms with E-state index in [-0.39, 0.29) is 4.90 Å². The molecule has 1 aliphatic heterocycles. The highest BCUT2D eigenvalue weighted by atomic mass is 32.2. The van der Waals surface area contributed by atoms with E-state index in [1.165, 1.54) is 6.26 Å². The van der Waals surface area contributed by atoms with Gasteiger partial charge in [-0.05, 0) is 25.2 Å². The minimum atomic E-state index is -3.14. The molecule has 1 saturated heterocycles. The summed E-state index contributed by atoms with van der Waals surface area (Å²) in [5.41, 5.74) is 1.05.